The number of hydrogen-bond donors (Lipinski definition) is 0. The topological polar surface area (TPSA) is 12.5 Å². The molecular formula is C9H13NO. The van der Waals surface area contributed by atoms with Gasteiger partial charge in [-0.15, -0.1) is 0 Å². The summed E-state index contributed by atoms with van der Waals surface area (Å²) in [6.07, 6.45) is 6.57. The largest absolute Gasteiger partial charge is 0.490 e. The quantitative estimate of drug-likeness (QED) is 0.520. The van der Waals surface area contributed by atoms with Crippen molar-refractivity contribution in [2.24, 2.45) is 0 Å². The highest BCUT2D eigenvalue weighted by Crippen LogP contribution is 2.24. The smallest absolute Gasteiger partial charge is 0.138 e. The maximum Gasteiger partial charge on any atom is 0.138 e. The number of rotatable bonds is 0. The van der Waals surface area contributed by atoms with E-state index in [1.165, 1.54) is 5.70 Å². The lowest BCUT2D eigenvalue weighted by Gasteiger charge is -2.31. The average molecular weight is 151 g/mol. The molecule has 1 aliphatic carbocycles. The fourth-order valence-corrected chi connectivity index (χ4v) is 1.57. The Bertz CT molecular complexity index is 218. The molecule has 0 spiro atoms. The predicted octanol–water partition coefficient (Wildman–Crippen LogP) is 1.51. The number of likely N-dealkylation sites (N-methyl/N-ethyl adjacent to an activating group) is 1. The van der Waals surface area contributed by atoms with Crippen LogP contribution in [0.2, 0.25) is 0 Å². The highest BCUT2D eigenvalue weighted by molar-refractivity contribution is 5.24. The first-order valence-electron chi connectivity index (χ1n) is 4.11. The molecule has 0 aromatic rings. The molecule has 0 amide bonds. The van der Waals surface area contributed by atoms with Gasteiger partial charge in [-0.05, 0) is 18.9 Å². The zero-order chi connectivity index (χ0) is 7.68. The summed E-state index contributed by atoms with van der Waals surface area (Å²) in [7, 11) is 2.14. The standard InChI is InChI=1S/C9H13NO/c1-10-6-7-11-9-5-3-2-4-8(9)10/h3,5H,2,4,6-7H2,1H3. The zero-order valence-electron chi connectivity index (χ0n) is 6.84. The van der Waals surface area contributed by atoms with E-state index in [1.807, 2.05) is 0 Å². The van der Waals surface area contributed by atoms with Crippen molar-refractivity contribution in [1.29, 1.82) is 0 Å². The molecule has 1 heterocycles. The third-order valence-corrected chi connectivity index (χ3v) is 2.25. The predicted molar refractivity (Wildman–Crippen MR) is 44.0 cm³/mol. The molecule has 0 aromatic heterocycles. The van der Waals surface area contributed by atoms with Gasteiger partial charge in [0, 0.05) is 7.05 Å². The minimum Gasteiger partial charge on any atom is -0.490 e. The third-order valence-electron chi connectivity index (χ3n) is 2.25. The number of ether oxygens (including phenoxy) is 1. The molecule has 0 N–H and O–H groups in total. The Hall–Kier alpha value is -0.920. The van der Waals surface area contributed by atoms with Crippen LogP contribution in [0.25, 0.3) is 0 Å². The van der Waals surface area contributed by atoms with E-state index in [4.69, 9.17) is 4.74 Å². The number of hydrogen-bond acceptors (Lipinski definition) is 2. The SMILES string of the molecule is CN1CCOC2=C1CCC=C2. The van der Waals surface area contributed by atoms with Crippen LogP contribution in [0.5, 0.6) is 0 Å². The highest BCUT2D eigenvalue weighted by Gasteiger charge is 2.17. The van der Waals surface area contributed by atoms with Crippen molar-refractivity contribution in [3.8, 4) is 0 Å². The molecule has 2 aliphatic rings. The number of allylic oxidation sites excluding steroid dienone is 3. The first kappa shape index (κ1) is 6.77. The van der Waals surface area contributed by atoms with E-state index in [2.05, 4.69) is 24.1 Å². The Morgan fingerprint density at radius 1 is 1.55 bits per heavy atom. The van der Waals surface area contributed by atoms with Crippen LogP contribution in [-0.2, 0) is 4.74 Å². The van der Waals surface area contributed by atoms with Crippen LogP contribution in [0.15, 0.2) is 23.6 Å². The van der Waals surface area contributed by atoms with Crippen LogP contribution in [0.1, 0.15) is 12.8 Å². The van der Waals surface area contributed by atoms with Crippen molar-refractivity contribution in [1.82, 2.24) is 4.90 Å². The molecule has 0 bridgehead atoms. The van der Waals surface area contributed by atoms with E-state index >= 15 is 0 Å². The van der Waals surface area contributed by atoms with E-state index in [0.29, 0.717) is 0 Å². The molecule has 0 saturated carbocycles. The molecule has 2 rings (SSSR count). The lowest BCUT2D eigenvalue weighted by Crippen LogP contribution is -2.29. The van der Waals surface area contributed by atoms with Crippen LogP contribution >= 0.6 is 0 Å². The second-order valence-electron chi connectivity index (χ2n) is 3.02. The van der Waals surface area contributed by atoms with Gasteiger partial charge in [-0.3, -0.25) is 0 Å². The molecule has 60 valence electrons. The third kappa shape index (κ3) is 1.13. The van der Waals surface area contributed by atoms with E-state index in [1.54, 1.807) is 0 Å². The van der Waals surface area contributed by atoms with Gasteiger partial charge in [0.15, 0.2) is 0 Å². The van der Waals surface area contributed by atoms with Gasteiger partial charge in [-0.1, -0.05) is 6.08 Å². The fourth-order valence-electron chi connectivity index (χ4n) is 1.57. The molecule has 2 nitrogen and oxygen atoms in total. The van der Waals surface area contributed by atoms with Gasteiger partial charge in [0.2, 0.25) is 0 Å². The van der Waals surface area contributed by atoms with E-state index < -0.39 is 0 Å². The summed E-state index contributed by atoms with van der Waals surface area (Å²) in [6.45, 7) is 1.87. The normalized spacial score (nSPS) is 23.2. The van der Waals surface area contributed by atoms with Crippen LogP contribution in [-0.4, -0.2) is 25.1 Å². The molecule has 0 saturated heterocycles. The van der Waals surface area contributed by atoms with Crippen molar-refractivity contribution < 1.29 is 4.74 Å². The van der Waals surface area contributed by atoms with E-state index in [0.717, 1.165) is 31.8 Å². The van der Waals surface area contributed by atoms with E-state index in [9.17, 15) is 0 Å². The van der Waals surface area contributed by atoms with Crippen molar-refractivity contribution in [3.05, 3.63) is 23.6 Å². The van der Waals surface area contributed by atoms with Gasteiger partial charge in [0.05, 0.1) is 12.2 Å². The Balaban J connectivity index is 2.28. The Morgan fingerprint density at radius 3 is 3.27 bits per heavy atom. The molecular weight excluding hydrogens is 138 g/mol. The lowest BCUT2D eigenvalue weighted by molar-refractivity contribution is 0.146. The minimum atomic E-state index is 0.833. The second-order valence-corrected chi connectivity index (χ2v) is 3.02. The van der Waals surface area contributed by atoms with Crippen LogP contribution in [0.3, 0.4) is 0 Å². The van der Waals surface area contributed by atoms with Gasteiger partial charge in [0.25, 0.3) is 0 Å². The maximum absolute atomic E-state index is 5.50. The average Bonchev–Trinajstić information content (AvgIpc) is 2.06. The van der Waals surface area contributed by atoms with Gasteiger partial charge in [-0.25, -0.2) is 0 Å². The molecule has 0 atom stereocenters. The van der Waals surface area contributed by atoms with Crippen molar-refractivity contribution >= 4 is 0 Å². The second kappa shape index (κ2) is 2.61. The maximum atomic E-state index is 5.50. The molecule has 0 aromatic carbocycles. The Labute approximate surface area is 67.1 Å². The van der Waals surface area contributed by atoms with Gasteiger partial charge < -0.3 is 9.64 Å². The molecule has 0 fully saturated rings. The fraction of sp³-hybridized carbons (Fsp3) is 0.556. The number of nitrogens with zero attached hydrogens (tertiary/aromatic N) is 1. The molecule has 1 aliphatic heterocycles. The van der Waals surface area contributed by atoms with Crippen LogP contribution < -0.4 is 0 Å². The van der Waals surface area contributed by atoms with Gasteiger partial charge >= 0.3 is 0 Å². The minimum absolute atomic E-state index is 0.833. The summed E-state index contributed by atoms with van der Waals surface area (Å²) in [4.78, 5) is 2.29. The summed E-state index contributed by atoms with van der Waals surface area (Å²) in [6, 6.07) is 0. The summed E-state index contributed by atoms with van der Waals surface area (Å²) >= 11 is 0. The highest BCUT2D eigenvalue weighted by atomic mass is 16.5. The van der Waals surface area contributed by atoms with Gasteiger partial charge in [-0.2, -0.15) is 0 Å². The van der Waals surface area contributed by atoms with E-state index in [-0.39, 0.29) is 0 Å². The monoisotopic (exact) mass is 151 g/mol. The molecule has 0 radical (unpaired) electrons. The van der Waals surface area contributed by atoms with Gasteiger partial charge in [0.1, 0.15) is 12.4 Å². The van der Waals surface area contributed by atoms with Crippen molar-refractivity contribution in [2.45, 2.75) is 12.8 Å². The molecule has 0 unspecified atom stereocenters. The Kier molecular flexibility index (Phi) is 1.60. The summed E-state index contributed by atoms with van der Waals surface area (Å²) in [5.74, 6) is 1.09. The molecule has 2 heteroatoms. The first-order valence-corrected chi connectivity index (χ1v) is 4.11. The summed E-state index contributed by atoms with van der Waals surface area (Å²) in [5.41, 5.74) is 1.37. The van der Waals surface area contributed by atoms with Crippen LogP contribution in [0.4, 0.5) is 0 Å². The molecule has 11 heavy (non-hydrogen) atoms. The summed E-state index contributed by atoms with van der Waals surface area (Å²) < 4.78 is 5.50. The zero-order valence-corrected chi connectivity index (χ0v) is 6.84. The van der Waals surface area contributed by atoms with Crippen molar-refractivity contribution in [3.63, 3.8) is 0 Å². The van der Waals surface area contributed by atoms with Crippen LogP contribution in [0, 0.1) is 0 Å². The van der Waals surface area contributed by atoms with Crippen molar-refractivity contribution in [2.75, 3.05) is 20.2 Å². The lowest BCUT2D eigenvalue weighted by atomic mass is 10.1. The summed E-state index contributed by atoms with van der Waals surface area (Å²) in [5, 5.41) is 0. The Morgan fingerprint density at radius 2 is 2.45 bits per heavy atom. The first-order chi connectivity index (χ1) is 5.38.